The molecule has 0 saturated carbocycles. The topological polar surface area (TPSA) is 78.9 Å². The highest BCUT2D eigenvalue weighted by atomic mass is 19.1. The Morgan fingerprint density at radius 2 is 1.64 bits per heavy atom. The Morgan fingerprint density at radius 1 is 0.911 bits per heavy atom. The highest BCUT2D eigenvalue weighted by Gasteiger charge is 2.23. The first kappa shape index (κ1) is 30.9. The van der Waals surface area contributed by atoms with Crippen LogP contribution in [0.4, 0.5) is 37.5 Å². The third-order valence-electron chi connectivity index (χ3n) is 8.55. The molecule has 11 heteroatoms. The van der Waals surface area contributed by atoms with Crippen molar-refractivity contribution in [1.29, 1.82) is 0 Å². The molecule has 1 N–H and O–H groups in total. The summed E-state index contributed by atoms with van der Waals surface area (Å²) in [6.07, 6.45) is 5.87. The number of hydrogen-bond acceptors (Lipinski definition) is 9. The number of anilines is 5. The van der Waals surface area contributed by atoms with Gasteiger partial charge >= 0.3 is 0 Å². The number of hydrogen-bond donors (Lipinski definition) is 1. The number of morpholine rings is 2. The number of aromatic nitrogens is 3. The van der Waals surface area contributed by atoms with Crippen molar-refractivity contribution in [3.63, 3.8) is 0 Å². The summed E-state index contributed by atoms with van der Waals surface area (Å²) in [5.74, 6) is 0.287. The van der Waals surface area contributed by atoms with Crippen molar-refractivity contribution >= 4 is 39.6 Å². The van der Waals surface area contributed by atoms with Gasteiger partial charge in [-0.2, -0.15) is 0 Å². The van der Waals surface area contributed by atoms with Crippen LogP contribution in [0.25, 0.3) is 22.2 Å². The van der Waals surface area contributed by atoms with Crippen LogP contribution in [0.3, 0.4) is 0 Å². The summed E-state index contributed by atoms with van der Waals surface area (Å²) in [7, 11) is 0. The second-order valence-electron chi connectivity index (χ2n) is 11.5. The number of pyridine rings is 3. The first-order valence-corrected chi connectivity index (χ1v) is 15.9. The maximum absolute atomic E-state index is 15.6. The second kappa shape index (κ2) is 13.9. The zero-order valence-electron chi connectivity index (χ0n) is 26.3. The Bertz CT molecular complexity index is 1620. The Hall–Kier alpha value is -4.09. The molecule has 238 valence electrons. The minimum atomic E-state index is -0.679. The van der Waals surface area contributed by atoms with E-state index in [0.717, 1.165) is 79.2 Å². The van der Waals surface area contributed by atoms with E-state index in [1.807, 2.05) is 25.3 Å². The molecule has 2 fully saturated rings. The first-order chi connectivity index (χ1) is 22.0. The molecule has 2 saturated heterocycles. The van der Waals surface area contributed by atoms with Crippen LogP contribution in [0.2, 0.25) is 0 Å². The fourth-order valence-corrected chi connectivity index (χ4v) is 6.03. The number of unbranched alkanes of at least 4 members (excludes halogenated alkanes) is 1. The SMILES string of the molecule is CCCCN(CC)c1ccc(-c2nc3cc(F)cc(F)c3c(Nc3cc(N4CCOCC4)cnc3N3CCOCC3)c2C)cn1. The molecule has 0 radical (unpaired) electrons. The van der Waals surface area contributed by atoms with Crippen molar-refractivity contribution in [2.45, 2.75) is 33.6 Å². The monoisotopic (exact) mass is 617 g/mol. The van der Waals surface area contributed by atoms with Crippen LogP contribution in [0.5, 0.6) is 0 Å². The summed E-state index contributed by atoms with van der Waals surface area (Å²) in [5, 5.41) is 3.78. The van der Waals surface area contributed by atoms with Crippen molar-refractivity contribution < 1.29 is 18.3 Å². The Labute approximate surface area is 263 Å². The lowest BCUT2D eigenvalue weighted by Gasteiger charge is -2.32. The summed E-state index contributed by atoms with van der Waals surface area (Å²) in [6, 6.07) is 8.22. The molecule has 0 atom stereocenters. The Balaban J connectivity index is 1.46. The highest BCUT2D eigenvalue weighted by Crippen LogP contribution is 2.40. The van der Waals surface area contributed by atoms with E-state index in [-0.39, 0.29) is 10.9 Å². The van der Waals surface area contributed by atoms with Gasteiger partial charge in [-0.05, 0) is 44.0 Å². The normalized spacial score (nSPS) is 15.5. The van der Waals surface area contributed by atoms with E-state index < -0.39 is 11.6 Å². The molecule has 6 rings (SSSR count). The van der Waals surface area contributed by atoms with Crippen LogP contribution in [0.15, 0.2) is 42.7 Å². The average molecular weight is 618 g/mol. The smallest absolute Gasteiger partial charge is 0.152 e. The van der Waals surface area contributed by atoms with Crippen LogP contribution in [0.1, 0.15) is 32.3 Å². The van der Waals surface area contributed by atoms with E-state index in [1.54, 1.807) is 6.20 Å². The Morgan fingerprint density at radius 3 is 2.31 bits per heavy atom. The fraction of sp³-hybridized carbons (Fsp3) is 0.441. The summed E-state index contributed by atoms with van der Waals surface area (Å²) in [5.41, 5.74) is 4.53. The second-order valence-corrected chi connectivity index (χ2v) is 11.5. The van der Waals surface area contributed by atoms with Gasteiger partial charge in [0, 0.05) is 63.2 Å². The van der Waals surface area contributed by atoms with Gasteiger partial charge in [0.25, 0.3) is 0 Å². The molecule has 2 aliphatic rings. The minimum Gasteiger partial charge on any atom is -0.378 e. The van der Waals surface area contributed by atoms with E-state index >= 15 is 4.39 Å². The summed E-state index contributed by atoms with van der Waals surface area (Å²) < 4.78 is 41.4. The van der Waals surface area contributed by atoms with E-state index in [9.17, 15) is 4.39 Å². The molecule has 0 aliphatic carbocycles. The van der Waals surface area contributed by atoms with Crippen molar-refractivity contribution in [2.24, 2.45) is 0 Å². The van der Waals surface area contributed by atoms with Crippen molar-refractivity contribution in [2.75, 3.05) is 85.7 Å². The van der Waals surface area contributed by atoms with E-state index in [1.165, 1.54) is 6.07 Å². The largest absolute Gasteiger partial charge is 0.378 e. The van der Waals surface area contributed by atoms with Gasteiger partial charge in [-0.25, -0.2) is 23.7 Å². The van der Waals surface area contributed by atoms with Gasteiger partial charge in [0.1, 0.15) is 17.5 Å². The van der Waals surface area contributed by atoms with Gasteiger partial charge in [-0.15, -0.1) is 0 Å². The molecule has 0 unspecified atom stereocenters. The van der Waals surface area contributed by atoms with Gasteiger partial charge < -0.3 is 29.5 Å². The quantitative estimate of drug-likeness (QED) is 0.220. The van der Waals surface area contributed by atoms with Crippen molar-refractivity contribution in [3.8, 4) is 11.3 Å². The number of benzene rings is 1. The molecule has 4 aromatic rings. The fourth-order valence-electron chi connectivity index (χ4n) is 6.03. The predicted molar refractivity (Wildman–Crippen MR) is 176 cm³/mol. The zero-order chi connectivity index (χ0) is 31.3. The number of rotatable bonds is 10. The van der Waals surface area contributed by atoms with E-state index in [2.05, 4.69) is 39.9 Å². The molecular formula is C34H41F2N7O2. The first-order valence-electron chi connectivity index (χ1n) is 15.9. The lowest BCUT2D eigenvalue weighted by molar-refractivity contribution is 0.122. The molecule has 9 nitrogen and oxygen atoms in total. The minimum absolute atomic E-state index is 0.225. The maximum atomic E-state index is 15.6. The van der Waals surface area contributed by atoms with Gasteiger partial charge in [0.15, 0.2) is 5.82 Å². The van der Waals surface area contributed by atoms with E-state index in [0.29, 0.717) is 50.9 Å². The number of halogens is 2. The van der Waals surface area contributed by atoms with Gasteiger partial charge in [-0.3, -0.25) is 0 Å². The van der Waals surface area contributed by atoms with Gasteiger partial charge in [0.05, 0.1) is 66.3 Å². The predicted octanol–water partition coefficient (Wildman–Crippen LogP) is 6.32. The molecule has 1 aromatic carbocycles. The van der Waals surface area contributed by atoms with Crippen LogP contribution < -0.4 is 20.0 Å². The number of fused-ring (bicyclic) bond motifs is 1. The number of nitrogens with zero attached hydrogens (tertiary/aromatic N) is 6. The van der Waals surface area contributed by atoms with Crippen LogP contribution >= 0.6 is 0 Å². The van der Waals surface area contributed by atoms with Crippen molar-refractivity contribution in [1.82, 2.24) is 15.0 Å². The third-order valence-corrected chi connectivity index (χ3v) is 8.55. The standard InChI is InChI=1S/C34H41F2N7O2/c1-4-6-9-41(5-2)30-8-7-24(21-37-30)32-23(3)33(31-27(36)18-25(35)19-28(31)39-32)40-29-20-26(42-10-14-44-15-11-42)22-38-34(29)43-12-16-45-17-13-43/h7-8,18-22H,4-6,9-17H2,1-3H3,(H,39,40). The molecule has 2 aliphatic heterocycles. The Kier molecular flexibility index (Phi) is 9.56. The molecule has 45 heavy (non-hydrogen) atoms. The van der Waals surface area contributed by atoms with E-state index in [4.69, 9.17) is 24.4 Å². The molecule has 0 spiro atoms. The maximum Gasteiger partial charge on any atom is 0.152 e. The number of ether oxygens (including phenoxy) is 2. The zero-order valence-corrected chi connectivity index (χ0v) is 26.3. The summed E-state index contributed by atoms with van der Waals surface area (Å²) in [6.45, 7) is 13.4. The van der Waals surface area contributed by atoms with Crippen molar-refractivity contribution in [3.05, 3.63) is 59.9 Å². The van der Waals surface area contributed by atoms with Gasteiger partial charge in [0.2, 0.25) is 0 Å². The van der Waals surface area contributed by atoms with Crippen LogP contribution in [-0.4, -0.2) is 80.6 Å². The average Bonchev–Trinajstić information content (AvgIpc) is 3.07. The lowest BCUT2D eigenvalue weighted by Crippen LogP contribution is -2.38. The molecule has 5 heterocycles. The summed E-state index contributed by atoms with van der Waals surface area (Å²) >= 11 is 0. The lowest BCUT2D eigenvalue weighted by atomic mass is 10.0. The molecule has 0 bridgehead atoms. The van der Waals surface area contributed by atoms with Crippen LogP contribution in [0, 0.1) is 18.6 Å². The van der Waals surface area contributed by atoms with Gasteiger partial charge in [-0.1, -0.05) is 13.3 Å². The third kappa shape index (κ3) is 6.64. The number of nitrogens with one attached hydrogen (secondary N) is 1. The highest BCUT2D eigenvalue weighted by molar-refractivity contribution is 5.99. The molecular weight excluding hydrogens is 576 g/mol. The van der Waals surface area contributed by atoms with Crippen LogP contribution in [-0.2, 0) is 9.47 Å². The summed E-state index contributed by atoms with van der Waals surface area (Å²) in [4.78, 5) is 21.1. The molecule has 0 amide bonds. The molecule has 3 aromatic heterocycles.